The number of ether oxygens (including phenoxy) is 1. The summed E-state index contributed by atoms with van der Waals surface area (Å²) in [5.74, 6) is -0.248. The van der Waals surface area contributed by atoms with Gasteiger partial charge in [-0.3, -0.25) is 9.59 Å². The molecule has 0 bridgehead atoms. The summed E-state index contributed by atoms with van der Waals surface area (Å²) in [5, 5.41) is 10.9. The molecule has 26 heavy (non-hydrogen) atoms. The third kappa shape index (κ3) is 4.82. The summed E-state index contributed by atoms with van der Waals surface area (Å²) in [5.41, 5.74) is 3.19. The predicted octanol–water partition coefficient (Wildman–Crippen LogP) is 3.58. The van der Waals surface area contributed by atoms with E-state index < -0.39 is 5.97 Å². The van der Waals surface area contributed by atoms with Crippen LogP contribution in [-0.2, 0) is 11.4 Å². The van der Waals surface area contributed by atoms with Crippen molar-refractivity contribution < 1.29 is 19.4 Å². The third-order valence-corrected chi connectivity index (χ3v) is 5.17. The van der Waals surface area contributed by atoms with E-state index in [-0.39, 0.29) is 18.4 Å². The maximum absolute atomic E-state index is 13.0. The van der Waals surface area contributed by atoms with Crippen LogP contribution in [0.4, 0.5) is 0 Å². The average molecular weight is 374 g/mol. The van der Waals surface area contributed by atoms with Gasteiger partial charge in [-0.05, 0) is 43.9 Å². The zero-order valence-electron chi connectivity index (χ0n) is 14.5. The van der Waals surface area contributed by atoms with Gasteiger partial charge in [0.15, 0.2) is 0 Å². The fourth-order valence-electron chi connectivity index (χ4n) is 3.21. The van der Waals surface area contributed by atoms with Crippen LogP contribution < -0.4 is 4.74 Å². The normalized spacial score (nSPS) is 17.1. The number of rotatable bonds is 7. The van der Waals surface area contributed by atoms with Gasteiger partial charge in [0.2, 0.25) is 0 Å². The number of aromatic nitrogens is 1. The van der Waals surface area contributed by atoms with Crippen molar-refractivity contribution in [3.63, 3.8) is 0 Å². The van der Waals surface area contributed by atoms with Crippen LogP contribution in [0.2, 0.25) is 0 Å². The first kappa shape index (κ1) is 18.4. The van der Waals surface area contributed by atoms with Crippen molar-refractivity contribution in [1.82, 2.24) is 9.88 Å². The number of hydrogen-bond donors (Lipinski definition) is 1. The molecule has 6 nitrogen and oxygen atoms in total. The molecular weight excluding hydrogens is 352 g/mol. The number of aliphatic carboxylic acids is 1. The van der Waals surface area contributed by atoms with E-state index in [2.05, 4.69) is 4.98 Å². The summed E-state index contributed by atoms with van der Waals surface area (Å²) in [6.45, 7) is 1.04. The molecule has 138 valence electrons. The van der Waals surface area contributed by atoms with E-state index >= 15 is 0 Å². The smallest absolute Gasteiger partial charge is 0.303 e. The number of thiazole rings is 1. The number of benzene rings is 1. The molecule has 2 heterocycles. The Bertz CT molecular complexity index is 748. The molecule has 1 aliphatic heterocycles. The van der Waals surface area contributed by atoms with E-state index in [9.17, 15) is 9.59 Å². The summed E-state index contributed by atoms with van der Waals surface area (Å²) in [7, 11) is 0. The second-order valence-electron chi connectivity index (χ2n) is 6.38. The zero-order chi connectivity index (χ0) is 18.4. The largest absolute Gasteiger partial charge is 0.487 e. The Kier molecular flexibility index (Phi) is 6.22. The van der Waals surface area contributed by atoms with Crippen molar-refractivity contribution in [2.24, 2.45) is 0 Å². The molecule has 0 radical (unpaired) electrons. The van der Waals surface area contributed by atoms with Crippen molar-refractivity contribution in [3.05, 3.63) is 46.4 Å². The van der Waals surface area contributed by atoms with E-state index in [0.29, 0.717) is 30.9 Å². The van der Waals surface area contributed by atoms with Crippen LogP contribution in [-0.4, -0.2) is 39.5 Å². The van der Waals surface area contributed by atoms with Crippen LogP contribution in [0.5, 0.6) is 5.75 Å². The van der Waals surface area contributed by atoms with E-state index in [1.54, 1.807) is 23.7 Å². The van der Waals surface area contributed by atoms with Crippen LogP contribution >= 0.6 is 11.3 Å². The summed E-state index contributed by atoms with van der Waals surface area (Å²) < 4.78 is 5.73. The molecule has 1 aromatic heterocycles. The van der Waals surface area contributed by atoms with Crippen molar-refractivity contribution in [2.45, 2.75) is 44.8 Å². The SMILES string of the molecule is O=C(O)CCC1CCCCN1C(=O)c1cccc(OCc2cscn2)c1. The molecule has 1 fully saturated rings. The minimum absolute atomic E-state index is 0.00747. The first-order valence-corrected chi connectivity index (χ1v) is 9.70. The Morgan fingerprint density at radius 3 is 3.00 bits per heavy atom. The molecule has 0 aliphatic carbocycles. The number of carbonyl (C=O) groups excluding carboxylic acids is 1. The Labute approximate surface area is 156 Å². The van der Waals surface area contributed by atoms with Gasteiger partial charge >= 0.3 is 5.97 Å². The minimum Gasteiger partial charge on any atom is -0.487 e. The second-order valence-corrected chi connectivity index (χ2v) is 7.10. The lowest BCUT2D eigenvalue weighted by atomic mass is 9.97. The van der Waals surface area contributed by atoms with Gasteiger partial charge in [0.1, 0.15) is 12.4 Å². The molecule has 2 aromatic rings. The summed E-state index contributed by atoms with van der Waals surface area (Å²) in [6.07, 6.45) is 3.44. The highest BCUT2D eigenvalue weighted by Gasteiger charge is 2.27. The number of amides is 1. The molecule has 0 saturated carbocycles. The maximum Gasteiger partial charge on any atom is 0.303 e. The molecule has 1 N–H and O–H groups in total. The van der Waals surface area contributed by atoms with Crippen molar-refractivity contribution in [2.75, 3.05) is 6.54 Å². The summed E-state index contributed by atoms with van der Waals surface area (Å²) in [6, 6.07) is 7.14. The Morgan fingerprint density at radius 1 is 1.35 bits per heavy atom. The molecular formula is C19H22N2O4S. The number of carbonyl (C=O) groups is 2. The van der Waals surface area contributed by atoms with Gasteiger partial charge in [-0.25, -0.2) is 4.98 Å². The topological polar surface area (TPSA) is 79.7 Å². The summed E-state index contributed by atoms with van der Waals surface area (Å²) in [4.78, 5) is 29.8. The third-order valence-electron chi connectivity index (χ3n) is 4.53. The van der Waals surface area contributed by atoms with Gasteiger partial charge in [0.05, 0.1) is 11.2 Å². The molecule has 1 atom stereocenters. The molecule has 1 saturated heterocycles. The van der Waals surface area contributed by atoms with Crippen molar-refractivity contribution in [1.29, 1.82) is 0 Å². The zero-order valence-corrected chi connectivity index (χ0v) is 15.3. The molecule has 1 aromatic carbocycles. The first-order chi connectivity index (χ1) is 12.6. The Morgan fingerprint density at radius 2 is 2.23 bits per heavy atom. The van der Waals surface area contributed by atoms with Crippen LogP contribution in [0.25, 0.3) is 0 Å². The average Bonchev–Trinajstić information content (AvgIpc) is 3.18. The number of carboxylic acid groups (broad SMARTS) is 1. The molecule has 1 unspecified atom stereocenters. The highest BCUT2D eigenvalue weighted by molar-refractivity contribution is 7.07. The fourth-order valence-corrected chi connectivity index (χ4v) is 3.75. The molecule has 1 amide bonds. The Balaban J connectivity index is 1.67. The molecule has 1 aliphatic rings. The minimum atomic E-state index is -0.819. The van der Waals surface area contributed by atoms with Crippen LogP contribution in [0.3, 0.4) is 0 Å². The first-order valence-electron chi connectivity index (χ1n) is 8.76. The highest BCUT2D eigenvalue weighted by atomic mass is 32.1. The van der Waals surface area contributed by atoms with Gasteiger partial charge < -0.3 is 14.7 Å². The van der Waals surface area contributed by atoms with Crippen LogP contribution in [0.15, 0.2) is 35.2 Å². The van der Waals surface area contributed by atoms with E-state index in [1.165, 1.54) is 11.3 Å². The van der Waals surface area contributed by atoms with Gasteiger partial charge in [0.25, 0.3) is 5.91 Å². The number of hydrogen-bond acceptors (Lipinski definition) is 5. The van der Waals surface area contributed by atoms with Gasteiger partial charge in [-0.1, -0.05) is 6.07 Å². The quantitative estimate of drug-likeness (QED) is 0.801. The Hall–Kier alpha value is -2.41. The molecule has 3 rings (SSSR count). The van der Waals surface area contributed by atoms with Crippen molar-refractivity contribution in [3.8, 4) is 5.75 Å². The standard InChI is InChI=1S/C19H22N2O4S/c22-18(23)8-7-16-5-1-2-9-21(16)19(24)14-4-3-6-17(10-14)25-11-15-12-26-13-20-15/h3-4,6,10,12-13,16H,1-2,5,7-9,11H2,(H,22,23). The van der Waals surface area contributed by atoms with E-state index in [0.717, 1.165) is 25.0 Å². The highest BCUT2D eigenvalue weighted by Crippen LogP contribution is 2.24. The molecule has 7 heteroatoms. The lowest BCUT2D eigenvalue weighted by Crippen LogP contribution is -2.44. The maximum atomic E-state index is 13.0. The number of carboxylic acids is 1. The number of nitrogens with zero attached hydrogens (tertiary/aromatic N) is 2. The van der Waals surface area contributed by atoms with Crippen molar-refractivity contribution >= 4 is 23.2 Å². The van der Waals surface area contributed by atoms with Crippen LogP contribution in [0.1, 0.15) is 48.2 Å². The van der Waals surface area contributed by atoms with Gasteiger partial charge in [0, 0.05) is 30.0 Å². The second kappa shape index (κ2) is 8.80. The molecule has 0 spiro atoms. The number of piperidine rings is 1. The summed E-state index contributed by atoms with van der Waals surface area (Å²) >= 11 is 1.51. The fraction of sp³-hybridized carbons (Fsp3) is 0.421. The lowest BCUT2D eigenvalue weighted by Gasteiger charge is -2.35. The number of likely N-dealkylation sites (tertiary alicyclic amines) is 1. The monoisotopic (exact) mass is 374 g/mol. The van der Waals surface area contributed by atoms with Gasteiger partial charge in [-0.2, -0.15) is 0 Å². The van der Waals surface area contributed by atoms with Gasteiger partial charge in [-0.15, -0.1) is 11.3 Å². The van der Waals surface area contributed by atoms with E-state index in [4.69, 9.17) is 9.84 Å². The lowest BCUT2D eigenvalue weighted by molar-refractivity contribution is -0.137. The van der Waals surface area contributed by atoms with E-state index in [1.807, 2.05) is 16.3 Å². The van der Waals surface area contributed by atoms with Crippen LogP contribution in [0, 0.1) is 0 Å². The predicted molar refractivity (Wildman–Crippen MR) is 98.4 cm³/mol.